The monoisotopic (exact) mass is 399 g/mol. The lowest BCUT2D eigenvalue weighted by Gasteiger charge is -2.07. The molecule has 0 unspecified atom stereocenters. The van der Waals surface area contributed by atoms with E-state index in [4.69, 9.17) is 5.73 Å². The van der Waals surface area contributed by atoms with Crippen molar-refractivity contribution in [2.75, 3.05) is 5.32 Å². The number of aliphatic imine (C=N–C) groups is 1. The van der Waals surface area contributed by atoms with Crippen molar-refractivity contribution in [3.8, 4) is 0 Å². The van der Waals surface area contributed by atoms with E-state index in [1.54, 1.807) is 18.2 Å². The van der Waals surface area contributed by atoms with Gasteiger partial charge >= 0.3 is 0 Å². The normalized spacial score (nSPS) is 10.9. The maximum atomic E-state index is 13.4. The van der Waals surface area contributed by atoms with Gasteiger partial charge in [0, 0.05) is 11.3 Å². The Labute approximate surface area is 141 Å². The molecular weight excluding hydrogens is 380 g/mol. The zero-order chi connectivity index (χ0) is 14.4. The Bertz CT molecular complexity index is 614. The predicted molar refractivity (Wildman–Crippen MR) is 96.6 cm³/mol. The van der Waals surface area contributed by atoms with Gasteiger partial charge < -0.3 is 11.1 Å². The van der Waals surface area contributed by atoms with Crippen LogP contribution in [0, 0.1) is 5.82 Å². The summed E-state index contributed by atoms with van der Waals surface area (Å²) in [5, 5.41) is 3.01. The van der Waals surface area contributed by atoms with Crippen LogP contribution in [-0.4, -0.2) is 5.96 Å². The molecule has 21 heavy (non-hydrogen) atoms. The lowest BCUT2D eigenvalue weighted by molar-refractivity contribution is 0.611. The molecule has 0 spiro atoms. The number of nitrogens with one attached hydrogen (secondary N) is 1. The molecule has 0 heterocycles. The van der Waals surface area contributed by atoms with E-state index in [0.29, 0.717) is 5.56 Å². The van der Waals surface area contributed by atoms with Gasteiger partial charge in [0.05, 0.1) is 6.54 Å². The maximum absolute atomic E-state index is 13.4. The molecule has 2 aromatic rings. The molecule has 5 heteroatoms. The molecule has 0 atom stereocenters. The molecule has 0 radical (unpaired) electrons. The Morgan fingerprint density at radius 3 is 2.67 bits per heavy atom. The predicted octanol–water partition coefficient (Wildman–Crippen LogP) is 3.93. The molecule has 0 amide bonds. The number of anilines is 1. The molecule has 0 bridgehead atoms. The average Bonchev–Trinajstić information content (AvgIpc) is 2.46. The first kappa shape index (κ1) is 17.4. The van der Waals surface area contributed by atoms with Crippen molar-refractivity contribution in [1.29, 1.82) is 0 Å². The van der Waals surface area contributed by atoms with E-state index in [9.17, 15) is 4.39 Å². The van der Waals surface area contributed by atoms with E-state index < -0.39 is 0 Å². The molecule has 0 saturated carbocycles. The molecule has 0 aliphatic rings. The van der Waals surface area contributed by atoms with E-state index in [1.165, 1.54) is 11.6 Å². The molecule has 0 fully saturated rings. The van der Waals surface area contributed by atoms with Crippen LogP contribution >= 0.6 is 24.0 Å². The third-order valence-corrected chi connectivity index (χ3v) is 2.99. The Balaban J connectivity index is 0.00000220. The number of halogens is 2. The van der Waals surface area contributed by atoms with Crippen LogP contribution in [0.4, 0.5) is 10.1 Å². The van der Waals surface area contributed by atoms with E-state index in [1.807, 2.05) is 18.2 Å². The fourth-order valence-corrected chi connectivity index (χ4v) is 1.85. The maximum Gasteiger partial charge on any atom is 0.193 e. The van der Waals surface area contributed by atoms with Gasteiger partial charge in [0.15, 0.2) is 5.96 Å². The van der Waals surface area contributed by atoms with Crippen LogP contribution in [0.5, 0.6) is 0 Å². The average molecular weight is 399 g/mol. The summed E-state index contributed by atoms with van der Waals surface area (Å²) in [5.74, 6) is 0.0125. The van der Waals surface area contributed by atoms with Crippen LogP contribution in [0.2, 0.25) is 0 Å². The second-order valence-corrected chi connectivity index (χ2v) is 4.47. The molecule has 0 aliphatic carbocycles. The molecule has 112 valence electrons. The van der Waals surface area contributed by atoms with Crippen LogP contribution in [0.1, 0.15) is 18.1 Å². The summed E-state index contributed by atoms with van der Waals surface area (Å²) in [5.41, 5.74) is 8.45. The molecule has 2 rings (SSSR count). The number of aryl methyl sites for hydroxylation is 1. The topological polar surface area (TPSA) is 50.4 Å². The minimum absolute atomic E-state index is 0. The van der Waals surface area contributed by atoms with Crippen LogP contribution in [0.15, 0.2) is 53.5 Å². The van der Waals surface area contributed by atoms with Gasteiger partial charge in [-0.25, -0.2) is 9.38 Å². The van der Waals surface area contributed by atoms with Crippen molar-refractivity contribution in [3.05, 3.63) is 65.5 Å². The first-order valence-corrected chi connectivity index (χ1v) is 6.58. The minimum Gasteiger partial charge on any atom is -0.370 e. The van der Waals surface area contributed by atoms with Gasteiger partial charge in [-0.05, 0) is 30.2 Å². The highest BCUT2D eigenvalue weighted by atomic mass is 127. The summed E-state index contributed by atoms with van der Waals surface area (Å²) in [7, 11) is 0. The van der Waals surface area contributed by atoms with Gasteiger partial charge in [-0.2, -0.15) is 0 Å². The third-order valence-electron chi connectivity index (χ3n) is 2.99. The minimum atomic E-state index is -0.267. The quantitative estimate of drug-likeness (QED) is 0.465. The Kier molecular flexibility index (Phi) is 7.14. The van der Waals surface area contributed by atoms with E-state index in [2.05, 4.69) is 23.3 Å². The van der Waals surface area contributed by atoms with Crippen LogP contribution in [0.25, 0.3) is 0 Å². The van der Waals surface area contributed by atoms with E-state index in [0.717, 1.165) is 12.1 Å². The molecule has 0 aromatic heterocycles. The second kappa shape index (κ2) is 8.61. The summed E-state index contributed by atoms with van der Waals surface area (Å²) < 4.78 is 13.4. The molecule has 3 N–H and O–H groups in total. The van der Waals surface area contributed by atoms with Crippen molar-refractivity contribution in [1.82, 2.24) is 0 Å². The number of hydrogen-bond donors (Lipinski definition) is 2. The standard InChI is InChI=1S/C16H18FN3.HI/c1-2-12-6-5-8-14(10-12)20-16(18)19-11-13-7-3-4-9-15(13)17;/h3-10H,2,11H2,1H3,(H3,18,19,20);1H. The van der Waals surface area contributed by atoms with Gasteiger partial charge in [-0.3, -0.25) is 0 Å². The van der Waals surface area contributed by atoms with Crippen molar-refractivity contribution < 1.29 is 4.39 Å². The summed E-state index contributed by atoms with van der Waals surface area (Å²) in [6.45, 7) is 2.31. The molecular formula is C16H19FIN3. The highest BCUT2D eigenvalue weighted by molar-refractivity contribution is 14.0. The lowest BCUT2D eigenvalue weighted by Crippen LogP contribution is -2.22. The van der Waals surface area contributed by atoms with Crippen molar-refractivity contribution in [2.45, 2.75) is 19.9 Å². The van der Waals surface area contributed by atoms with Crippen molar-refractivity contribution in [3.63, 3.8) is 0 Å². The fraction of sp³-hybridized carbons (Fsp3) is 0.188. The van der Waals surface area contributed by atoms with Crippen LogP contribution in [-0.2, 0) is 13.0 Å². The molecule has 0 aliphatic heterocycles. The highest BCUT2D eigenvalue weighted by Gasteiger charge is 2.00. The van der Waals surface area contributed by atoms with Gasteiger partial charge in [-0.15, -0.1) is 24.0 Å². The van der Waals surface area contributed by atoms with Gasteiger partial charge in [0.2, 0.25) is 0 Å². The number of hydrogen-bond acceptors (Lipinski definition) is 1. The summed E-state index contributed by atoms with van der Waals surface area (Å²) in [4.78, 5) is 4.15. The number of nitrogens with zero attached hydrogens (tertiary/aromatic N) is 1. The van der Waals surface area contributed by atoms with Gasteiger partial charge in [0.25, 0.3) is 0 Å². The number of nitrogens with two attached hydrogens (primary N) is 1. The SMILES string of the molecule is CCc1cccc(NC(N)=NCc2ccccc2F)c1.I. The first-order valence-electron chi connectivity index (χ1n) is 6.58. The fourth-order valence-electron chi connectivity index (χ4n) is 1.85. The number of guanidine groups is 1. The Morgan fingerprint density at radius 2 is 1.95 bits per heavy atom. The van der Waals surface area contributed by atoms with Crippen molar-refractivity contribution in [2.24, 2.45) is 10.7 Å². The number of benzene rings is 2. The van der Waals surface area contributed by atoms with E-state index >= 15 is 0 Å². The van der Waals surface area contributed by atoms with Crippen LogP contribution in [0.3, 0.4) is 0 Å². The molecule has 0 saturated heterocycles. The first-order chi connectivity index (χ1) is 9.69. The second-order valence-electron chi connectivity index (χ2n) is 4.47. The largest absolute Gasteiger partial charge is 0.370 e. The smallest absolute Gasteiger partial charge is 0.193 e. The summed E-state index contributed by atoms with van der Waals surface area (Å²) in [6, 6.07) is 14.5. The summed E-state index contributed by atoms with van der Waals surface area (Å²) in [6.07, 6.45) is 0.960. The summed E-state index contributed by atoms with van der Waals surface area (Å²) >= 11 is 0. The van der Waals surface area contributed by atoms with E-state index in [-0.39, 0.29) is 42.3 Å². The third kappa shape index (κ3) is 5.34. The van der Waals surface area contributed by atoms with Crippen molar-refractivity contribution >= 4 is 35.6 Å². The highest BCUT2D eigenvalue weighted by Crippen LogP contribution is 2.11. The number of rotatable bonds is 4. The molecule has 2 aromatic carbocycles. The van der Waals surface area contributed by atoms with Crippen LogP contribution < -0.4 is 11.1 Å². The van der Waals surface area contributed by atoms with Gasteiger partial charge in [-0.1, -0.05) is 37.3 Å². The zero-order valence-electron chi connectivity index (χ0n) is 11.8. The lowest BCUT2D eigenvalue weighted by atomic mass is 10.1. The van der Waals surface area contributed by atoms with Gasteiger partial charge in [0.1, 0.15) is 5.82 Å². The Morgan fingerprint density at radius 1 is 1.19 bits per heavy atom. The molecule has 3 nitrogen and oxygen atoms in total. The zero-order valence-corrected chi connectivity index (χ0v) is 14.2. The Hall–Kier alpha value is -1.63.